The van der Waals surface area contributed by atoms with Crippen molar-refractivity contribution in [2.75, 3.05) is 33.8 Å². The number of likely N-dealkylation sites (N-methyl/N-ethyl adjacent to an activating group) is 1. The molecule has 1 heterocycles. The van der Waals surface area contributed by atoms with Gasteiger partial charge in [0.25, 0.3) is 0 Å². The van der Waals surface area contributed by atoms with Gasteiger partial charge in [-0.2, -0.15) is 13.2 Å². The van der Waals surface area contributed by atoms with Gasteiger partial charge in [0.2, 0.25) is 5.91 Å². The molecule has 0 saturated carbocycles. The molecule has 8 heteroatoms. The van der Waals surface area contributed by atoms with Crippen LogP contribution in [0.1, 0.15) is 5.56 Å². The van der Waals surface area contributed by atoms with Gasteiger partial charge in [-0.25, -0.2) is 0 Å². The molecule has 1 aliphatic rings. The Morgan fingerprint density at radius 1 is 1.33 bits per heavy atom. The van der Waals surface area contributed by atoms with Crippen LogP contribution in [-0.2, 0) is 11.2 Å². The second-order valence-corrected chi connectivity index (χ2v) is 5.73. The van der Waals surface area contributed by atoms with Crippen LogP contribution in [0, 0.1) is 11.8 Å². The van der Waals surface area contributed by atoms with Crippen LogP contribution in [0.2, 0.25) is 0 Å². The van der Waals surface area contributed by atoms with E-state index in [2.05, 4.69) is 5.32 Å². The lowest BCUT2D eigenvalue weighted by Gasteiger charge is -2.26. The summed E-state index contributed by atoms with van der Waals surface area (Å²) in [5.41, 5.74) is 0.923. The normalized spacial score (nSPS) is 20.4. The van der Waals surface area contributed by atoms with Crippen LogP contribution in [0.5, 0.6) is 5.75 Å². The summed E-state index contributed by atoms with van der Waals surface area (Å²) in [7, 11) is 3.11. The monoisotopic (exact) mass is 366 g/mol. The Hall–Kier alpha value is -1.47. The number of nitrogens with one attached hydrogen (secondary N) is 1. The average Bonchev–Trinajstić information content (AvgIpc) is 3.01. The highest BCUT2D eigenvalue weighted by Gasteiger charge is 2.50. The van der Waals surface area contributed by atoms with Gasteiger partial charge >= 0.3 is 6.18 Å². The first-order valence-corrected chi connectivity index (χ1v) is 7.49. The fourth-order valence-electron chi connectivity index (χ4n) is 2.87. The first-order chi connectivity index (χ1) is 10.8. The SMILES string of the molecule is COc1ccccc1CCN(C)C(=O)[C@@H]1CNC[C@H]1C(F)(F)F.Cl. The molecule has 2 atom stereocenters. The fourth-order valence-corrected chi connectivity index (χ4v) is 2.87. The molecule has 1 amide bonds. The summed E-state index contributed by atoms with van der Waals surface area (Å²) < 4.78 is 44.1. The van der Waals surface area contributed by atoms with E-state index in [1.54, 1.807) is 14.2 Å². The summed E-state index contributed by atoms with van der Waals surface area (Å²) in [5.74, 6) is -2.40. The van der Waals surface area contributed by atoms with Crippen molar-refractivity contribution in [1.29, 1.82) is 0 Å². The van der Waals surface area contributed by atoms with Crippen molar-refractivity contribution in [1.82, 2.24) is 10.2 Å². The Morgan fingerprint density at radius 2 is 2.00 bits per heavy atom. The van der Waals surface area contributed by atoms with Crippen molar-refractivity contribution < 1.29 is 22.7 Å². The van der Waals surface area contributed by atoms with Gasteiger partial charge in [-0.05, 0) is 18.1 Å². The minimum absolute atomic E-state index is 0. The van der Waals surface area contributed by atoms with E-state index < -0.39 is 23.9 Å². The number of hydrogen-bond donors (Lipinski definition) is 1. The van der Waals surface area contributed by atoms with Crippen LogP contribution in [0.15, 0.2) is 24.3 Å². The molecule has 1 aromatic rings. The summed E-state index contributed by atoms with van der Waals surface area (Å²) in [6, 6.07) is 7.40. The predicted molar refractivity (Wildman–Crippen MR) is 87.5 cm³/mol. The van der Waals surface area contributed by atoms with E-state index in [0.29, 0.717) is 18.7 Å². The maximum Gasteiger partial charge on any atom is 0.393 e. The van der Waals surface area contributed by atoms with Crippen LogP contribution in [-0.4, -0.2) is 50.8 Å². The number of carbonyl (C=O) groups excluding carboxylic acids is 1. The molecular weight excluding hydrogens is 345 g/mol. The van der Waals surface area contributed by atoms with Gasteiger partial charge in [0.05, 0.1) is 18.9 Å². The molecule has 1 N–H and O–H groups in total. The number of halogens is 4. The molecule has 2 rings (SSSR count). The third-order valence-corrected chi connectivity index (χ3v) is 4.24. The van der Waals surface area contributed by atoms with E-state index in [9.17, 15) is 18.0 Å². The van der Waals surface area contributed by atoms with Gasteiger partial charge < -0.3 is 15.0 Å². The Morgan fingerprint density at radius 3 is 2.62 bits per heavy atom. The summed E-state index contributed by atoms with van der Waals surface area (Å²) in [4.78, 5) is 13.7. The molecule has 0 unspecified atom stereocenters. The lowest BCUT2D eigenvalue weighted by molar-refractivity contribution is -0.184. The molecule has 1 fully saturated rings. The number of hydrogen-bond acceptors (Lipinski definition) is 3. The van der Waals surface area contributed by atoms with E-state index in [4.69, 9.17) is 4.74 Å². The number of methoxy groups -OCH3 is 1. The molecular formula is C16H22ClF3N2O2. The molecule has 24 heavy (non-hydrogen) atoms. The second-order valence-electron chi connectivity index (χ2n) is 5.73. The Balaban J connectivity index is 0.00000288. The van der Waals surface area contributed by atoms with Crippen LogP contribution >= 0.6 is 12.4 Å². The molecule has 1 aromatic carbocycles. The Labute approximate surface area is 145 Å². The first kappa shape index (κ1) is 20.6. The first-order valence-electron chi connectivity index (χ1n) is 7.49. The molecule has 136 valence electrons. The topological polar surface area (TPSA) is 41.6 Å². The summed E-state index contributed by atoms with van der Waals surface area (Å²) >= 11 is 0. The number of carbonyl (C=O) groups is 1. The van der Waals surface area contributed by atoms with Crippen LogP contribution < -0.4 is 10.1 Å². The minimum atomic E-state index is -4.35. The third-order valence-electron chi connectivity index (χ3n) is 4.24. The highest BCUT2D eigenvalue weighted by molar-refractivity contribution is 5.85. The van der Waals surface area contributed by atoms with E-state index in [1.165, 1.54) is 4.90 Å². The quantitative estimate of drug-likeness (QED) is 0.870. The lowest BCUT2D eigenvalue weighted by Crippen LogP contribution is -2.41. The van der Waals surface area contributed by atoms with E-state index in [0.717, 1.165) is 5.56 Å². The van der Waals surface area contributed by atoms with E-state index >= 15 is 0 Å². The molecule has 0 aromatic heterocycles. The van der Waals surface area contributed by atoms with Crippen LogP contribution in [0.4, 0.5) is 13.2 Å². The number of benzene rings is 1. The maximum absolute atomic E-state index is 13.0. The Bertz CT molecular complexity index is 554. The van der Waals surface area contributed by atoms with Crippen LogP contribution in [0.3, 0.4) is 0 Å². The number of alkyl halides is 3. The van der Waals surface area contributed by atoms with Gasteiger partial charge in [0.1, 0.15) is 5.75 Å². The van der Waals surface area contributed by atoms with Crippen LogP contribution in [0.25, 0.3) is 0 Å². The molecule has 4 nitrogen and oxygen atoms in total. The number of para-hydroxylation sites is 1. The van der Waals surface area contributed by atoms with Gasteiger partial charge in [-0.1, -0.05) is 18.2 Å². The van der Waals surface area contributed by atoms with Crippen molar-refractivity contribution in [3.63, 3.8) is 0 Å². The van der Waals surface area contributed by atoms with Crippen molar-refractivity contribution in [2.24, 2.45) is 11.8 Å². The second kappa shape index (κ2) is 8.58. The Kier molecular flexibility index (Phi) is 7.35. The zero-order valence-electron chi connectivity index (χ0n) is 13.6. The zero-order chi connectivity index (χ0) is 17.0. The molecule has 0 aliphatic carbocycles. The molecule has 1 aliphatic heterocycles. The average molecular weight is 367 g/mol. The van der Waals surface area contributed by atoms with E-state index in [1.807, 2.05) is 24.3 Å². The number of nitrogens with zero attached hydrogens (tertiary/aromatic N) is 1. The van der Waals surface area contributed by atoms with Crippen molar-refractivity contribution in [3.8, 4) is 5.75 Å². The van der Waals surface area contributed by atoms with Gasteiger partial charge in [0.15, 0.2) is 0 Å². The highest BCUT2D eigenvalue weighted by atomic mass is 35.5. The van der Waals surface area contributed by atoms with Gasteiger partial charge in [-0.15, -0.1) is 12.4 Å². The largest absolute Gasteiger partial charge is 0.496 e. The van der Waals surface area contributed by atoms with Gasteiger partial charge in [0, 0.05) is 26.7 Å². The predicted octanol–water partition coefficient (Wildman–Crippen LogP) is 2.52. The molecule has 0 radical (unpaired) electrons. The van der Waals surface area contributed by atoms with Crippen molar-refractivity contribution >= 4 is 18.3 Å². The number of ether oxygens (including phenoxy) is 1. The highest BCUT2D eigenvalue weighted by Crippen LogP contribution is 2.35. The standard InChI is InChI=1S/C16H21F3N2O2.ClH/c1-21(8-7-11-5-3-4-6-14(11)23-2)15(22)12-9-20-10-13(12)16(17,18)19;/h3-6,12-13,20H,7-10H2,1-2H3;1H/t12-,13-;/m1./s1. The third kappa shape index (κ3) is 4.77. The molecule has 0 bridgehead atoms. The molecule has 1 saturated heterocycles. The summed E-state index contributed by atoms with van der Waals surface area (Å²) in [6.07, 6.45) is -3.82. The number of rotatable bonds is 5. The summed E-state index contributed by atoms with van der Waals surface area (Å²) in [5, 5.41) is 2.67. The lowest BCUT2D eigenvalue weighted by atomic mass is 9.94. The van der Waals surface area contributed by atoms with E-state index in [-0.39, 0.29) is 25.5 Å². The smallest absolute Gasteiger partial charge is 0.393 e. The molecule has 0 spiro atoms. The zero-order valence-corrected chi connectivity index (χ0v) is 14.4. The van der Waals surface area contributed by atoms with Crippen molar-refractivity contribution in [3.05, 3.63) is 29.8 Å². The minimum Gasteiger partial charge on any atom is -0.496 e. The fraction of sp³-hybridized carbons (Fsp3) is 0.562. The van der Waals surface area contributed by atoms with Gasteiger partial charge in [-0.3, -0.25) is 4.79 Å². The van der Waals surface area contributed by atoms with Crippen molar-refractivity contribution in [2.45, 2.75) is 12.6 Å². The summed E-state index contributed by atoms with van der Waals surface area (Å²) in [6.45, 7) is 0.225. The number of amides is 1. The maximum atomic E-state index is 13.0.